The van der Waals surface area contributed by atoms with Gasteiger partial charge in [0.1, 0.15) is 0 Å². The van der Waals surface area contributed by atoms with E-state index in [-0.39, 0.29) is 23.5 Å². The number of aryl methyl sites for hydroxylation is 1. The van der Waals surface area contributed by atoms with Crippen molar-refractivity contribution in [3.63, 3.8) is 0 Å². The molecule has 0 spiro atoms. The van der Waals surface area contributed by atoms with Gasteiger partial charge >= 0.3 is 5.76 Å². The Bertz CT molecular complexity index is 909. The summed E-state index contributed by atoms with van der Waals surface area (Å²) in [7, 11) is 0.120. The highest BCUT2D eigenvalue weighted by molar-refractivity contribution is 7.91. The molecule has 1 saturated heterocycles. The first kappa shape index (κ1) is 14.8. The summed E-state index contributed by atoms with van der Waals surface area (Å²) in [4.78, 5) is 25.4. The van der Waals surface area contributed by atoms with Gasteiger partial charge in [-0.05, 0) is 24.6 Å². The SMILES string of the molecule is CN(C(=O)c1ccc2oc(=O)n(C)c2c1)C1CCS(=O)(=O)C1. The maximum atomic E-state index is 12.5. The molecule has 2 heterocycles. The number of amides is 1. The van der Waals surface area contributed by atoms with Crippen LogP contribution in [0.2, 0.25) is 0 Å². The molecule has 1 aliphatic heterocycles. The number of oxazole rings is 1. The lowest BCUT2D eigenvalue weighted by Gasteiger charge is -2.23. The molecule has 0 N–H and O–H groups in total. The second-order valence-corrected chi connectivity index (χ2v) is 7.81. The number of hydrogen-bond donors (Lipinski definition) is 0. The first-order valence-corrected chi connectivity index (χ1v) is 8.68. The predicted molar refractivity (Wildman–Crippen MR) is 80.6 cm³/mol. The van der Waals surface area contributed by atoms with E-state index in [0.29, 0.717) is 23.1 Å². The molecule has 1 fully saturated rings. The number of nitrogens with zero attached hydrogens (tertiary/aromatic N) is 2. The highest BCUT2D eigenvalue weighted by Gasteiger charge is 2.33. The Kier molecular flexibility index (Phi) is 3.36. The number of aromatic nitrogens is 1. The molecule has 1 amide bonds. The monoisotopic (exact) mass is 324 g/mol. The molecule has 118 valence electrons. The van der Waals surface area contributed by atoms with Crippen LogP contribution in [0.5, 0.6) is 0 Å². The molecule has 22 heavy (non-hydrogen) atoms. The Morgan fingerprint density at radius 2 is 2.14 bits per heavy atom. The van der Waals surface area contributed by atoms with Crippen molar-refractivity contribution in [3.8, 4) is 0 Å². The normalized spacial score (nSPS) is 20.4. The van der Waals surface area contributed by atoms with Crippen LogP contribution in [0.4, 0.5) is 0 Å². The molecular formula is C14H16N2O5S. The van der Waals surface area contributed by atoms with Gasteiger partial charge in [-0.15, -0.1) is 0 Å². The second kappa shape index (κ2) is 4.98. The summed E-state index contributed by atoms with van der Waals surface area (Å²) in [6, 6.07) is 4.43. The minimum absolute atomic E-state index is 0.00167. The van der Waals surface area contributed by atoms with E-state index in [1.54, 1.807) is 32.3 Å². The Morgan fingerprint density at radius 1 is 1.41 bits per heavy atom. The lowest BCUT2D eigenvalue weighted by atomic mass is 10.1. The molecule has 2 aromatic rings. The summed E-state index contributed by atoms with van der Waals surface area (Å²) < 4.78 is 29.4. The largest absolute Gasteiger partial charge is 0.419 e. The number of sulfone groups is 1. The van der Waals surface area contributed by atoms with Gasteiger partial charge in [0.05, 0.1) is 17.0 Å². The number of hydrogen-bond acceptors (Lipinski definition) is 5. The molecule has 1 atom stereocenters. The molecule has 0 saturated carbocycles. The fourth-order valence-electron chi connectivity index (χ4n) is 2.71. The molecule has 1 aliphatic rings. The molecule has 3 rings (SSSR count). The maximum absolute atomic E-state index is 12.5. The van der Waals surface area contributed by atoms with E-state index >= 15 is 0 Å². The average Bonchev–Trinajstić information content (AvgIpc) is 2.98. The van der Waals surface area contributed by atoms with Crippen molar-refractivity contribution in [2.24, 2.45) is 7.05 Å². The molecule has 0 radical (unpaired) electrons. The summed E-state index contributed by atoms with van der Waals surface area (Å²) >= 11 is 0. The minimum Gasteiger partial charge on any atom is -0.408 e. The van der Waals surface area contributed by atoms with Crippen LogP contribution >= 0.6 is 0 Å². The summed E-state index contributed by atoms with van der Waals surface area (Å²) in [6.07, 6.45) is 0.455. The molecule has 1 unspecified atom stereocenters. The number of fused-ring (bicyclic) bond motifs is 1. The second-order valence-electron chi connectivity index (χ2n) is 5.58. The third-order valence-corrected chi connectivity index (χ3v) is 5.87. The number of carbonyl (C=O) groups is 1. The zero-order valence-electron chi connectivity index (χ0n) is 12.3. The Balaban J connectivity index is 1.92. The number of carbonyl (C=O) groups excluding carboxylic acids is 1. The fraction of sp³-hybridized carbons (Fsp3) is 0.429. The van der Waals surface area contributed by atoms with E-state index in [0.717, 1.165) is 0 Å². The molecule has 1 aromatic carbocycles. The van der Waals surface area contributed by atoms with Crippen molar-refractivity contribution in [2.45, 2.75) is 12.5 Å². The predicted octanol–water partition coefficient (Wildman–Crippen LogP) is 0.391. The summed E-state index contributed by atoms with van der Waals surface area (Å²) in [5.41, 5.74) is 1.34. The fourth-order valence-corrected chi connectivity index (χ4v) is 4.48. The molecule has 7 nitrogen and oxygen atoms in total. The lowest BCUT2D eigenvalue weighted by Crippen LogP contribution is -2.37. The van der Waals surface area contributed by atoms with E-state index in [4.69, 9.17) is 4.42 Å². The molecule has 0 aliphatic carbocycles. The van der Waals surface area contributed by atoms with Gasteiger partial charge < -0.3 is 9.32 Å². The molecule has 8 heteroatoms. The van der Waals surface area contributed by atoms with Gasteiger partial charge in [-0.25, -0.2) is 13.2 Å². The third kappa shape index (κ3) is 2.43. The Hall–Kier alpha value is -2.09. The van der Waals surface area contributed by atoms with Crippen LogP contribution in [0.25, 0.3) is 11.1 Å². The number of rotatable bonds is 2. The van der Waals surface area contributed by atoms with Gasteiger partial charge in [0.15, 0.2) is 15.4 Å². The average molecular weight is 324 g/mol. The van der Waals surface area contributed by atoms with Crippen molar-refractivity contribution in [1.29, 1.82) is 0 Å². The van der Waals surface area contributed by atoms with E-state index in [9.17, 15) is 18.0 Å². The quantitative estimate of drug-likeness (QED) is 0.797. The van der Waals surface area contributed by atoms with Gasteiger partial charge in [-0.3, -0.25) is 9.36 Å². The van der Waals surface area contributed by atoms with Crippen LogP contribution in [-0.2, 0) is 16.9 Å². The first-order valence-electron chi connectivity index (χ1n) is 6.86. The highest BCUT2D eigenvalue weighted by atomic mass is 32.2. The van der Waals surface area contributed by atoms with E-state index in [2.05, 4.69) is 0 Å². The zero-order chi connectivity index (χ0) is 16.1. The van der Waals surface area contributed by atoms with Gasteiger partial charge in [-0.2, -0.15) is 0 Å². The Labute approximate surface area is 127 Å². The standard InChI is InChI=1S/C14H16N2O5S/c1-15(10-5-6-22(19,20)8-10)13(17)9-3-4-12-11(7-9)16(2)14(18)21-12/h3-4,7,10H,5-6,8H2,1-2H3. The van der Waals surface area contributed by atoms with Crippen LogP contribution in [0, 0.1) is 0 Å². The topological polar surface area (TPSA) is 89.6 Å². The van der Waals surface area contributed by atoms with Crippen LogP contribution in [0.1, 0.15) is 16.8 Å². The van der Waals surface area contributed by atoms with Crippen molar-refractivity contribution >= 4 is 26.8 Å². The van der Waals surface area contributed by atoms with Crippen molar-refractivity contribution in [3.05, 3.63) is 34.3 Å². The summed E-state index contributed by atoms with van der Waals surface area (Å²) in [5.74, 6) is -0.640. The van der Waals surface area contributed by atoms with Crippen molar-refractivity contribution in [2.75, 3.05) is 18.6 Å². The van der Waals surface area contributed by atoms with Crippen molar-refractivity contribution < 1.29 is 17.6 Å². The first-order chi connectivity index (χ1) is 10.3. The van der Waals surface area contributed by atoms with Gasteiger partial charge in [0.2, 0.25) is 0 Å². The maximum Gasteiger partial charge on any atom is 0.419 e. The number of benzene rings is 1. The van der Waals surface area contributed by atoms with E-state index < -0.39 is 15.6 Å². The highest BCUT2D eigenvalue weighted by Crippen LogP contribution is 2.20. The van der Waals surface area contributed by atoms with Gasteiger partial charge in [0, 0.05) is 25.7 Å². The van der Waals surface area contributed by atoms with Crippen LogP contribution in [-0.4, -0.2) is 48.4 Å². The summed E-state index contributed by atoms with van der Waals surface area (Å²) in [5, 5.41) is 0. The lowest BCUT2D eigenvalue weighted by molar-refractivity contribution is 0.0748. The molecule has 0 bridgehead atoms. The Morgan fingerprint density at radius 3 is 2.77 bits per heavy atom. The third-order valence-electron chi connectivity index (χ3n) is 4.11. The summed E-state index contributed by atoms with van der Waals surface area (Å²) in [6.45, 7) is 0. The smallest absolute Gasteiger partial charge is 0.408 e. The van der Waals surface area contributed by atoms with Crippen LogP contribution < -0.4 is 5.76 Å². The van der Waals surface area contributed by atoms with Crippen LogP contribution in [0.3, 0.4) is 0 Å². The van der Waals surface area contributed by atoms with Gasteiger partial charge in [0.25, 0.3) is 5.91 Å². The van der Waals surface area contributed by atoms with Crippen LogP contribution in [0.15, 0.2) is 27.4 Å². The molecular weight excluding hydrogens is 308 g/mol. The molecule has 1 aromatic heterocycles. The van der Waals surface area contributed by atoms with E-state index in [1.807, 2.05) is 0 Å². The van der Waals surface area contributed by atoms with E-state index in [1.165, 1.54) is 9.47 Å². The van der Waals surface area contributed by atoms with Crippen molar-refractivity contribution in [1.82, 2.24) is 9.47 Å². The van der Waals surface area contributed by atoms with Gasteiger partial charge in [-0.1, -0.05) is 0 Å². The zero-order valence-corrected chi connectivity index (χ0v) is 13.1. The minimum atomic E-state index is -3.05.